The number of ether oxygens (including phenoxy) is 1. The van der Waals surface area contributed by atoms with Gasteiger partial charge < -0.3 is 25.0 Å². The van der Waals surface area contributed by atoms with Gasteiger partial charge in [-0.25, -0.2) is 9.78 Å². The van der Waals surface area contributed by atoms with Gasteiger partial charge in [0.1, 0.15) is 10.6 Å². The van der Waals surface area contributed by atoms with E-state index in [9.17, 15) is 14.7 Å². The van der Waals surface area contributed by atoms with Crippen LogP contribution in [0.15, 0.2) is 0 Å². The number of nitrogens with zero attached hydrogens (tertiary/aromatic N) is 2. The molecule has 158 valence electrons. The van der Waals surface area contributed by atoms with Crippen LogP contribution in [0.4, 0.5) is 5.13 Å². The third-order valence-electron chi connectivity index (χ3n) is 4.57. The van der Waals surface area contributed by atoms with Crippen molar-refractivity contribution < 1.29 is 19.4 Å². The minimum Gasteiger partial charge on any atom is -0.477 e. The van der Waals surface area contributed by atoms with E-state index < -0.39 is 11.3 Å². The van der Waals surface area contributed by atoms with Crippen molar-refractivity contribution >= 4 is 63.1 Å². The number of halogens is 3. The summed E-state index contributed by atoms with van der Waals surface area (Å²) in [7, 11) is 1.48. The number of piperidine rings is 1. The van der Waals surface area contributed by atoms with Crippen LogP contribution in [0.2, 0.25) is 10.0 Å². The van der Waals surface area contributed by atoms with E-state index in [1.165, 1.54) is 7.11 Å². The highest BCUT2D eigenvalue weighted by molar-refractivity contribution is 7.17. The molecule has 29 heavy (non-hydrogen) atoms. The molecule has 12 heteroatoms. The molecule has 1 saturated heterocycles. The van der Waals surface area contributed by atoms with Crippen LogP contribution in [-0.2, 0) is 11.3 Å². The van der Waals surface area contributed by atoms with Crippen molar-refractivity contribution in [1.29, 1.82) is 0 Å². The number of hydrogen-bond acceptors (Lipinski definition) is 6. The zero-order valence-corrected chi connectivity index (χ0v) is 18.7. The molecule has 2 aromatic heterocycles. The first-order chi connectivity index (χ1) is 13.7. The van der Waals surface area contributed by atoms with Crippen LogP contribution >= 0.6 is 46.1 Å². The Kier molecular flexibility index (Phi) is 6.95. The predicted octanol–water partition coefficient (Wildman–Crippen LogP) is 3.55. The van der Waals surface area contributed by atoms with E-state index in [1.807, 2.05) is 4.90 Å². The average Bonchev–Trinajstić information content (AvgIpc) is 3.20. The molecule has 3 heterocycles. The largest absolute Gasteiger partial charge is 0.477 e. The second kappa shape index (κ2) is 9.09. The standard InChI is InChI=1S/C17H19Cl3N4O4S/c1-7-11(19)12(20)13(21-7)15(25)22-9-3-4-24(5-8(9)18)17-23-10(6-28-2)14(29-17)16(26)27/h8-9,21H,3-6H2,1-2H3,(H,22,25)(H,26,27). The predicted molar refractivity (Wildman–Crippen MR) is 113 cm³/mol. The Morgan fingerprint density at radius 1 is 1.41 bits per heavy atom. The van der Waals surface area contributed by atoms with Crippen LogP contribution in [0.1, 0.15) is 38.0 Å². The van der Waals surface area contributed by atoms with Crippen molar-refractivity contribution in [2.45, 2.75) is 31.4 Å². The number of rotatable bonds is 6. The molecule has 3 rings (SSSR count). The Bertz CT molecular complexity index is 932. The number of carbonyl (C=O) groups is 2. The Labute approximate surface area is 186 Å². The zero-order chi connectivity index (χ0) is 21.3. The van der Waals surface area contributed by atoms with E-state index in [4.69, 9.17) is 39.5 Å². The van der Waals surface area contributed by atoms with Crippen LogP contribution in [-0.4, -0.2) is 58.6 Å². The molecule has 0 saturated carbocycles. The van der Waals surface area contributed by atoms with Gasteiger partial charge in [0.25, 0.3) is 5.91 Å². The quantitative estimate of drug-likeness (QED) is 0.545. The van der Waals surface area contributed by atoms with Crippen molar-refractivity contribution in [3.8, 4) is 0 Å². The molecule has 0 spiro atoms. The van der Waals surface area contributed by atoms with Gasteiger partial charge in [0, 0.05) is 31.9 Å². The third kappa shape index (κ3) is 4.64. The van der Waals surface area contributed by atoms with Crippen molar-refractivity contribution in [1.82, 2.24) is 15.3 Å². The topological polar surface area (TPSA) is 108 Å². The smallest absolute Gasteiger partial charge is 0.347 e. The molecule has 0 aliphatic carbocycles. The number of H-pyrrole nitrogens is 1. The molecule has 2 unspecified atom stereocenters. The number of thiazole rings is 1. The highest BCUT2D eigenvalue weighted by Gasteiger charge is 2.32. The van der Waals surface area contributed by atoms with Gasteiger partial charge in [-0.2, -0.15) is 0 Å². The van der Waals surface area contributed by atoms with Crippen LogP contribution in [0.5, 0.6) is 0 Å². The zero-order valence-electron chi connectivity index (χ0n) is 15.6. The Morgan fingerprint density at radius 2 is 2.14 bits per heavy atom. The summed E-state index contributed by atoms with van der Waals surface area (Å²) in [6, 6.07) is -0.281. The van der Waals surface area contributed by atoms with E-state index in [2.05, 4.69) is 15.3 Å². The fourth-order valence-corrected chi connectivity index (χ4v) is 4.80. The second-order valence-electron chi connectivity index (χ2n) is 6.59. The van der Waals surface area contributed by atoms with Crippen molar-refractivity contribution in [3.05, 3.63) is 32.0 Å². The molecule has 8 nitrogen and oxygen atoms in total. The fourth-order valence-electron chi connectivity index (χ4n) is 3.09. The summed E-state index contributed by atoms with van der Waals surface area (Å²) in [4.78, 5) is 33.3. The number of methoxy groups -OCH3 is 1. The van der Waals surface area contributed by atoms with Crippen LogP contribution in [0.25, 0.3) is 0 Å². The monoisotopic (exact) mass is 480 g/mol. The maximum absolute atomic E-state index is 12.5. The lowest BCUT2D eigenvalue weighted by Crippen LogP contribution is -2.52. The number of alkyl halides is 1. The summed E-state index contributed by atoms with van der Waals surface area (Å²) in [6.45, 7) is 2.81. The summed E-state index contributed by atoms with van der Waals surface area (Å²) in [5, 5.41) is 12.9. The minimum absolute atomic E-state index is 0.119. The van der Waals surface area contributed by atoms with Crippen molar-refractivity contribution in [2.24, 2.45) is 0 Å². The lowest BCUT2D eigenvalue weighted by molar-refractivity contribution is 0.0696. The number of aromatic amines is 1. The first-order valence-corrected chi connectivity index (χ1v) is 10.7. The first-order valence-electron chi connectivity index (χ1n) is 8.68. The normalized spacial score (nSPS) is 19.4. The molecule has 3 N–H and O–H groups in total. The number of anilines is 1. The molecule has 1 aliphatic rings. The SMILES string of the molecule is COCc1nc(N2CCC(NC(=O)c3[nH]c(C)c(Cl)c3Cl)C(Cl)C2)sc1C(=O)O. The Balaban J connectivity index is 1.68. The van der Waals surface area contributed by atoms with Gasteiger partial charge in [-0.1, -0.05) is 34.5 Å². The lowest BCUT2D eigenvalue weighted by atomic mass is 10.0. The van der Waals surface area contributed by atoms with Gasteiger partial charge in [-0.05, 0) is 13.3 Å². The Hall–Kier alpha value is -1.52. The number of aromatic carboxylic acids is 1. The van der Waals surface area contributed by atoms with E-state index in [-0.39, 0.29) is 34.1 Å². The maximum Gasteiger partial charge on any atom is 0.347 e. The second-order valence-corrected chi connectivity index (χ2v) is 8.89. The number of aryl methyl sites for hydroxylation is 1. The Morgan fingerprint density at radius 3 is 2.69 bits per heavy atom. The van der Waals surface area contributed by atoms with Crippen LogP contribution in [0, 0.1) is 6.92 Å². The van der Waals surface area contributed by atoms with Crippen LogP contribution in [0.3, 0.4) is 0 Å². The first kappa shape index (κ1) is 22.2. The number of amides is 1. The molecular formula is C17H19Cl3N4O4S. The number of carboxylic acid groups (broad SMARTS) is 1. The van der Waals surface area contributed by atoms with Gasteiger partial charge in [0.05, 0.1) is 27.7 Å². The number of carbonyl (C=O) groups excluding carboxylic acids is 1. The van der Waals surface area contributed by atoms with Crippen LogP contribution < -0.4 is 10.2 Å². The molecule has 0 bridgehead atoms. The number of aromatic nitrogens is 2. The number of nitrogens with one attached hydrogen (secondary N) is 2. The molecule has 2 atom stereocenters. The van der Waals surface area contributed by atoms with Gasteiger partial charge in [-0.15, -0.1) is 11.6 Å². The summed E-state index contributed by atoms with van der Waals surface area (Å²) < 4.78 is 5.03. The molecule has 2 aromatic rings. The highest BCUT2D eigenvalue weighted by Crippen LogP contribution is 2.31. The summed E-state index contributed by atoms with van der Waals surface area (Å²) >= 11 is 19.7. The van der Waals surface area contributed by atoms with Crippen molar-refractivity contribution in [3.63, 3.8) is 0 Å². The molecule has 0 aromatic carbocycles. The molecule has 1 fully saturated rings. The highest BCUT2D eigenvalue weighted by atomic mass is 35.5. The van der Waals surface area contributed by atoms with E-state index in [1.54, 1.807) is 6.92 Å². The lowest BCUT2D eigenvalue weighted by Gasteiger charge is -2.35. The third-order valence-corrected chi connectivity index (χ3v) is 7.11. The van der Waals surface area contributed by atoms with E-state index in [0.29, 0.717) is 41.1 Å². The summed E-state index contributed by atoms with van der Waals surface area (Å²) in [5.41, 5.74) is 1.20. The number of hydrogen-bond donors (Lipinski definition) is 3. The molecule has 1 aliphatic heterocycles. The van der Waals surface area contributed by atoms with Gasteiger partial charge >= 0.3 is 5.97 Å². The van der Waals surface area contributed by atoms with E-state index in [0.717, 1.165) is 11.3 Å². The molecule has 0 radical (unpaired) electrons. The van der Waals surface area contributed by atoms with Gasteiger partial charge in [0.2, 0.25) is 0 Å². The van der Waals surface area contributed by atoms with Crippen molar-refractivity contribution in [2.75, 3.05) is 25.1 Å². The summed E-state index contributed by atoms with van der Waals surface area (Å²) in [5.74, 6) is -1.42. The molecule has 1 amide bonds. The maximum atomic E-state index is 12.5. The van der Waals surface area contributed by atoms with Gasteiger partial charge in [0.15, 0.2) is 5.13 Å². The van der Waals surface area contributed by atoms with Gasteiger partial charge in [-0.3, -0.25) is 4.79 Å². The average molecular weight is 482 g/mol. The molecular weight excluding hydrogens is 463 g/mol. The summed E-state index contributed by atoms with van der Waals surface area (Å²) in [6.07, 6.45) is 0.562. The van der Waals surface area contributed by atoms with E-state index >= 15 is 0 Å². The number of carboxylic acids is 1. The fraction of sp³-hybridized carbons (Fsp3) is 0.471. The minimum atomic E-state index is -1.04.